The number of carboxylic acid groups (broad SMARTS) is 1. The Balaban J connectivity index is 3.13. The van der Waals surface area contributed by atoms with Crippen LogP contribution in [-0.4, -0.2) is 42.3 Å². The normalized spacial score (nSPS) is 10.7. The van der Waals surface area contributed by atoms with E-state index in [9.17, 15) is 13.6 Å². The van der Waals surface area contributed by atoms with Gasteiger partial charge in [-0.2, -0.15) is 0 Å². The maximum absolute atomic E-state index is 12.4. The van der Waals surface area contributed by atoms with Crippen LogP contribution in [0.5, 0.6) is 0 Å². The largest absolute Gasteiger partial charge is 0.478 e. The molecule has 0 unspecified atom stereocenters. The van der Waals surface area contributed by atoms with E-state index in [-0.39, 0.29) is 24.4 Å². The van der Waals surface area contributed by atoms with Gasteiger partial charge < -0.3 is 15.1 Å². The summed E-state index contributed by atoms with van der Waals surface area (Å²) in [5, 5.41) is 17.9. The molecule has 1 aromatic rings. The second-order valence-electron chi connectivity index (χ2n) is 3.89. The lowest BCUT2D eigenvalue weighted by Crippen LogP contribution is -2.32. The number of halogens is 2. The highest BCUT2D eigenvalue weighted by atomic mass is 19.3. The van der Waals surface area contributed by atoms with Gasteiger partial charge in [-0.1, -0.05) is 11.6 Å². The van der Waals surface area contributed by atoms with Gasteiger partial charge in [-0.3, -0.25) is 0 Å². The number of rotatable bonds is 6. The molecular weight excluding hydrogens is 244 g/mol. The first kappa shape index (κ1) is 14.4. The molecule has 1 aromatic carbocycles. The van der Waals surface area contributed by atoms with Crippen molar-refractivity contribution in [3.8, 4) is 0 Å². The predicted molar refractivity (Wildman–Crippen MR) is 63.4 cm³/mol. The fraction of sp³-hybridized carbons (Fsp3) is 0.417. The summed E-state index contributed by atoms with van der Waals surface area (Å²) in [6, 6.07) is 4.56. The standard InChI is InChI=1S/C12H15F2NO3/c1-8-2-3-10(9(6-8)12(17)18)15(4-5-16)7-11(13)14/h2-3,6,11,16H,4-5,7H2,1H3,(H,17,18). The minimum Gasteiger partial charge on any atom is -0.478 e. The molecule has 0 bridgehead atoms. The van der Waals surface area contributed by atoms with E-state index in [1.807, 2.05) is 0 Å². The van der Waals surface area contributed by atoms with Gasteiger partial charge in [0.1, 0.15) is 0 Å². The number of aliphatic hydroxyl groups excluding tert-OH is 1. The zero-order valence-electron chi connectivity index (χ0n) is 9.94. The number of carboxylic acids is 1. The highest BCUT2D eigenvalue weighted by Gasteiger charge is 2.18. The molecule has 100 valence electrons. The summed E-state index contributed by atoms with van der Waals surface area (Å²) < 4.78 is 24.9. The van der Waals surface area contributed by atoms with Crippen molar-refractivity contribution in [3.05, 3.63) is 29.3 Å². The van der Waals surface area contributed by atoms with Gasteiger partial charge in [-0.15, -0.1) is 0 Å². The Hall–Kier alpha value is -1.69. The van der Waals surface area contributed by atoms with Gasteiger partial charge in [-0.05, 0) is 19.1 Å². The lowest BCUT2D eigenvalue weighted by Gasteiger charge is -2.25. The average Bonchev–Trinajstić information content (AvgIpc) is 2.27. The van der Waals surface area contributed by atoms with Gasteiger partial charge in [0, 0.05) is 6.54 Å². The second kappa shape index (κ2) is 6.30. The van der Waals surface area contributed by atoms with Crippen LogP contribution < -0.4 is 4.90 Å². The number of aliphatic hydroxyl groups is 1. The van der Waals surface area contributed by atoms with Crippen molar-refractivity contribution in [2.24, 2.45) is 0 Å². The number of benzene rings is 1. The predicted octanol–water partition coefficient (Wildman–Crippen LogP) is 1.76. The molecule has 0 amide bonds. The van der Waals surface area contributed by atoms with E-state index in [4.69, 9.17) is 10.2 Å². The third kappa shape index (κ3) is 3.66. The van der Waals surface area contributed by atoms with Crippen LogP contribution in [0, 0.1) is 6.92 Å². The first-order valence-electron chi connectivity index (χ1n) is 5.43. The highest BCUT2D eigenvalue weighted by Crippen LogP contribution is 2.22. The Morgan fingerprint density at radius 1 is 1.44 bits per heavy atom. The van der Waals surface area contributed by atoms with Gasteiger partial charge in [0.15, 0.2) is 0 Å². The van der Waals surface area contributed by atoms with E-state index in [0.29, 0.717) is 0 Å². The Morgan fingerprint density at radius 3 is 2.61 bits per heavy atom. The monoisotopic (exact) mass is 259 g/mol. The first-order valence-corrected chi connectivity index (χ1v) is 5.43. The summed E-state index contributed by atoms with van der Waals surface area (Å²) in [4.78, 5) is 12.3. The van der Waals surface area contributed by atoms with Gasteiger partial charge in [0.25, 0.3) is 6.43 Å². The van der Waals surface area contributed by atoms with Crippen LogP contribution in [0.3, 0.4) is 0 Å². The summed E-state index contributed by atoms with van der Waals surface area (Å²) in [5.74, 6) is -1.18. The maximum Gasteiger partial charge on any atom is 0.337 e. The zero-order chi connectivity index (χ0) is 13.7. The molecule has 6 heteroatoms. The van der Waals surface area contributed by atoms with Crippen molar-refractivity contribution in [1.82, 2.24) is 0 Å². The van der Waals surface area contributed by atoms with Crippen LogP contribution in [0.2, 0.25) is 0 Å². The Kier molecular flexibility index (Phi) is 5.03. The third-order valence-corrected chi connectivity index (χ3v) is 2.45. The number of aryl methyl sites for hydroxylation is 1. The van der Waals surface area contributed by atoms with Gasteiger partial charge in [0.2, 0.25) is 0 Å². The first-order chi connectivity index (χ1) is 8.45. The Labute approximate surface area is 103 Å². The molecule has 0 saturated carbocycles. The molecule has 0 aliphatic heterocycles. The van der Waals surface area contributed by atoms with Crippen molar-refractivity contribution in [1.29, 1.82) is 0 Å². The van der Waals surface area contributed by atoms with E-state index < -0.39 is 18.9 Å². The average molecular weight is 259 g/mol. The van der Waals surface area contributed by atoms with E-state index in [2.05, 4.69) is 0 Å². The lowest BCUT2D eigenvalue weighted by atomic mass is 10.1. The number of hydrogen-bond acceptors (Lipinski definition) is 3. The topological polar surface area (TPSA) is 60.8 Å². The van der Waals surface area contributed by atoms with Crippen LogP contribution in [-0.2, 0) is 0 Å². The molecule has 4 nitrogen and oxygen atoms in total. The van der Waals surface area contributed by atoms with Crippen LogP contribution in [0.15, 0.2) is 18.2 Å². The van der Waals surface area contributed by atoms with Crippen LogP contribution in [0.25, 0.3) is 0 Å². The second-order valence-corrected chi connectivity index (χ2v) is 3.89. The number of alkyl halides is 2. The number of hydrogen-bond donors (Lipinski definition) is 2. The van der Waals surface area contributed by atoms with E-state index in [1.54, 1.807) is 13.0 Å². The minimum absolute atomic E-state index is 0.0340. The molecule has 0 fully saturated rings. The molecule has 0 spiro atoms. The molecule has 2 N–H and O–H groups in total. The molecular formula is C12H15F2NO3. The van der Waals surface area contributed by atoms with Crippen LogP contribution in [0.4, 0.5) is 14.5 Å². The summed E-state index contributed by atoms with van der Waals surface area (Å²) in [5.41, 5.74) is 0.892. The Bertz CT molecular complexity index is 424. The number of aromatic carboxylic acids is 1. The fourth-order valence-corrected chi connectivity index (χ4v) is 1.69. The van der Waals surface area contributed by atoms with Gasteiger partial charge >= 0.3 is 5.97 Å². The van der Waals surface area contributed by atoms with E-state index in [1.165, 1.54) is 17.0 Å². The van der Waals surface area contributed by atoms with Crippen LogP contribution in [0.1, 0.15) is 15.9 Å². The molecule has 0 aliphatic carbocycles. The number of nitrogens with zero attached hydrogens (tertiary/aromatic N) is 1. The quantitative estimate of drug-likeness (QED) is 0.817. The van der Waals surface area contributed by atoms with E-state index in [0.717, 1.165) is 5.56 Å². The number of carbonyl (C=O) groups is 1. The molecule has 0 radical (unpaired) electrons. The summed E-state index contributed by atoms with van der Waals surface area (Å²) in [7, 11) is 0. The molecule has 0 aliphatic rings. The molecule has 0 heterocycles. The van der Waals surface area contributed by atoms with Gasteiger partial charge in [-0.25, -0.2) is 13.6 Å². The molecule has 0 atom stereocenters. The van der Waals surface area contributed by atoms with E-state index >= 15 is 0 Å². The highest BCUT2D eigenvalue weighted by molar-refractivity contribution is 5.94. The number of anilines is 1. The summed E-state index contributed by atoms with van der Waals surface area (Å²) >= 11 is 0. The third-order valence-electron chi connectivity index (χ3n) is 2.45. The van der Waals surface area contributed by atoms with Crippen molar-refractivity contribution in [3.63, 3.8) is 0 Å². The molecule has 1 rings (SSSR count). The summed E-state index contributed by atoms with van der Waals surface area (Å²) in [6.07, 6.45) is -2.60. The Morgan fingerprint density at radius 2 is 2.11 bits per heavy atom. The van der Waals surface area contributed by atoms with Gasteiger partial charge in [0.05, 0.1) is 24.4 Å². The van der Waals surface area contributed by atoms with Crippen molar-refractivity contribution >= 4 is 11.7 Å². The molecule has 18 heavy (non-hydrogen) atoms. The lowest BCUT2D eigenvalue weighted by molar-refractivity contribution is 0.0696. The van der Waals surface area contributed by atoms with Crippen molar-refractivity contribution < 1.29 is 23.8 Å². The zero-order valence-corrected chi connectivity index (χ0v) is 9.94. The summed E-state index contributed by atoms with van der Waals surface area (Å²) in [6.45, 7) is 0.761. The SMILES string of the molecule is Cc1ccc(N(CCO)CC(F)F)c(C(=O)O)c1. The van der Waals surface area contributed by atoms with Crippen molar-refractivity contribution in [2.45, 2.75) is 13.3 Å². The minimum atomic E-state index is -2.60. The molecule has 0 aromatic heterocycles. The van der Waals surface area contributed by atoms with Crippen molar-refractivity contribution in [2.75, 3.05) is 24.6 Å². The fourth-order valence-electron chi connectivity index (χ4n) is 1.69. The van der Waals surface area contributed by atoms with Crippen LogP contribution >= 0.6 is 0 Å². The molecule has 0 saturated heterocycles. The maximum atomic E-state index is 12.4. The smallest absolute Gasteiger partial charge is 0.337 e.